The predicted molar refractivity (Wildman–Crippen MR) is 42.0 cm³/mol. The van der Waals surface area contributed by atoms with Crippen LogP contribution < -0.4 is 5.30 Å². The van der Waals surface area contributed by atoms with Crippen molar-refractivity contribution in [1.82, 2.24) is 0 Å². The van der Waals surface area contributed by atoms with E-state index in [0.29, 0.717) is 0 Å². The van der Waals surface area contributed by atoms with Gasteiger partial charge in [0, 0.05) is 0 Å². The maximum absolute atomic E-state index is 12.7. The van der Waals surface area contributed by atoms with Gasteiger partial charge in [0.1, 0.15) is 0 Å². The van der Waals surface area contributed by atoms with Crippen molar-refractivity contribution < 1.29 is 34.5 Å². The molecule has 0 aliphatic carbocycles. The molecule has 0 aliphatic heterocycles. The van der Waals surface area contributed by atoms with E-state index >= 15 is 0 Å². The van der Waals surface area contributed by atoms with Crippen molar-refractivity contribution in [3.05, 3.63) is 29.1 Å². The number of halogens is 9. The van der Waals surface area contributed by atoms with E-state index in [4.69, 9.17) is 0 Å². The Morgan fingerprint density at radius 1 is 0.625 bits per heavy atom. The van der Waals surface area contributed by atoms with E-state index in [9.17, 15) is 34.5 Å². The molecule has 0 radical (unpaired) electrons. The summed E-state index contributed by atoms with van der Waals surface area (Å²) in [5.74, 6) is -14.0. The zero-order chi connectivity index (χ0) is 12.9. The summed E-state index contributed by atoms with van der Waals surface area (Å²) >= 11 is 3.92. The van der Waals surface area contributed by atoms with Gasteiger partial charge < -0.3 is 0 Å². The Hall–Kier alpha value is -0.620. The van der Waals surface area contributed by atoms with Gasteiger partial charge in [-0.25, -0.2) is 0 Å². The Bertz CT molecular complexity index is 426. The first-order chi connectivity index (χ1) is 6.93. The molecule has 0 nitrogen and oxygen atoms in total. The number of rotatable bonds is 1. The summed E-state index contributed by atoms with van der Waals surface area (Å²) in [6.07, 6.45) is 0. The predicted octanol–water partition coefficient (Wildman–Crippen LogP) is 4.37. The zero-order valence-electron chi connectivity index (χ0n) is 6.85. The van der Waals surface area contributed by atoms with Crippen molar-refractivity contribution in [2.75, 3.05) is 0 Å². The summed E-state index contributed by atoms with van der Waals surface area (Å²) in [6.45, 7) is -8.10. The van der Waals surface area contributed by atoms with Gasteiger partial charge in [-0.05, 0) is 0 Å². The Morgan fingerprint density at radius 2 is 0.875 bits per heavy atom. The average Bonchev–Trinajstić information content (AvgIpc) is 2.08. The second kappa shape index (κ2) is 3.43. The van der Waals surface area contributed by atoms with E-state index in [1.165, 1.54) is 0 Å². The molecule has 0 aromatic heterocycles. The second-order valence-corrected chi connectivity index (χ2v) is 6.19. The van der Waals surface area contributed by atoms with Crippen molar-refractivity contribution >= 4 is 23.4 Å². The molecule has 0 atom stereocenters. The summed E-state index contributed by atoms with van der Waals surface area (Å²) in [6, 6.07) is 0. The molecule has 0 saturated heterocycles. The van der Waals surface area contributed by atoms with Crippen LogP contribution in [0.25, 0.3) is 0 Å². The van der Waals surface area contributed by atoms with Crippen molar-refractivity contribution in [3.63, 3.8) is 0 Å². The standard InChI is InChI=1S/C6ClF8P/c7-16(13,14,15)6-4(11)2(9)1(8)3(10)5(6)12. The van der Waals surface area contributed by atoms with Gasteiger partial charge >= 0.3 is 87.1 Å². The van der Waals surface area contributed by atoms with Crippen molar-refractivity contribution in [3.8, 4) is 0 Å². The van der Waals surface area contributed by atoms with Crippen LogP contribution in [0.5, 0.6) is 0 Å². The van der Waals surface area contributed by atoms with E-state index < -0.39 is 41.3 Å². The molecule has 1 aromatic carbocycles. The average molecular weight is 290 g/mol. The summed E-state index contributed by atoms with van der Waals surface area (Å²) in [5.41, 5.74) is 0. The summed E-state index contributed by atoms with van der Waals surface area (Å²) in [7, 11) is 0. The van der Waals surface area contributed by atoms with Gasteiger partial charge in [0.25, 0.3) is 0 Å². The van der Waals surface area contributed by atoms with Crippen molar-refractivity contribution in [2.45, 2.75) is 0 Å². The summed E-state index contributed by atoms with van der Waals surface area (Å²) < 4.78 is 99.8. The second-order valence-electron chi connectivity index (χ2n) is 2.64. The van der Waals surface area contributed by atoms with Crippen LogP contribution in [0.1, 0.15) is 0 Å². The molecule has 10 heteroatoms. The third-order valence-electron chi connectivity index (χ3n) is 1.52. The maximum atomic E-state index is 12.7. The third-order valence-corrected chi connectivity index (χ3v) is 3.10. The minimum atomic E-state index is -8.10. The fourth-order valence-corrected chi connectivity index (χ4v) is 2.13. The Balaban J connectivity index is 3.80. The van der Waals surface area contributed by atoms with E-state index in [1.54, 1.807) is 0 Å². The van der Waals surface area contributed by atoms with E-state index in [2.05, 4.69) is 11.2 Å². The van der Waals surface area contributed by atoms with Crippen LogP contribution >= 0.6 is 18.1 Å². The molecule has 0 saturated carbocycles. The molecule has 0 aliphatic rings. The van der Waals surface area contributed by atoms with Gasteiger partial charge in [-0.3, -0.25) is 0 Å². The van der Waals surface area contributed by atoms with E-state index in [1.807, 2.05) is 0 Å². The third kappa shape index (κ3) is 2.08. The number of hydrogen-bond acceptors (Lipinski definition) is 0. The monoisotopic (exact) mass is 290 g/mol. The molecular formula is C6ClF8P. The molecule has 16 heavy (non-hydrogen) atoms. The molecule has 0 amide bonds. The first kappa shape index (κ1) is 13.4. The first-order valence-electron chi connectivity index (χ1n) is 3.34. The molecule has 0 unspecified atom stereocenters. The molecule has 0 bridgehead atoms. The summed E-state index contributed by atoms with van der Waals surface area (Å²) in [4.78, 5) is 0. The van der Waals surface area contributed by atoms with Crippen LogP contribution in [-0.2, 0) is 0 Å². The van der Waals surface area contributed by atoms with Crippen LogP contribution in [0.3, 0.4) is 0 Å². The zero-order valence-corrected chi connectivity index (χ0v) is 8.50. The van der Waals surface area contributed by atoms with E-state index in [-0.39, 0.29) is 0 Å². The molecule has 0 N–H and O–H groups in total. The van der Waals surface area contributed by atoms with Crippen LogP contribution in [0.15, 0.2) is 0 Å². The van der Waals surface area contributed by atoms with Crippen molar-refractivity contribution in [2.24, 2.45) is 0 Å². The van der Waals surface area contributed by atoms with Gasteiger partial charge in [0.15, 0.2) is 0 Å². The van der Waals surface area contributed by atoms with Gasteiger partial charge in [-0.15, -0.1) is 0 Å². The normalized spacial score (nSPS) is 14.7. The molecule has 92 valence electrons. The first-order valence-corrected chi connectivity index (χ1v) is 6.16. The fourth-order valence-electron chi connectivity index (χ4n) is 0.890. The summed E-state index contributed by atoms with van der Waals surface area (Å²) in [5, 5.41) is -2.91. The van der Waals surface area contributed by atoms with Crippen LogP contribution in [0, 0.1) is 29.1 Å². The topological polar surface area (TPSA) is 0 Å². The van der Waals surface area contributed by atoms with Crippen LogP contribution in [0.2, 0.25) is 0 Å². The SMILES string of the molecule is Fc1c(F)c(F)c(P(F)(F)(F)Cl)c(F)c1F. The number of benzene rings is 1. The Morgan fingerprint density at radius 3 is 1.12 bits per heavy atom. The van der Waals surface area contributed by atoms with Crippen LogP contribution in [-0.4, -0.2) is 0 Å². The molecule has 0 fully saturated rings. The van der Waals surface area contributed by atoms with E-state index in [0.717, 1.165) is 0 Å². The van der Waals surface area contributed by atoms with Gasteiger partial charge in [-0.1, -0.05) is 0 Å². The molecule has 0 spiro atoms. The molecular weight excluding hydrogens is 290 g/mol. The Kier molecular flexibility index (Phi) is 2.89. The molecule has 0 heterocycles. The van der Waals surface area contributed by atoms with Crippen LogP contribution in [0.4, 0.5) is 34.5 Å². The fraction of sp³-hybridized carbons (Fsp3) is 0. The Labute approximate surface area is 87.9 Å². The molecule has 1 rings (SSSR count). The van der Waals surface area contributed by atoms with Gasteiger partial charge in [0.05, 0.1) is 0 Å². The van der Waals surface area contributed by atoms with Crippen molar-refractivity contribution in [1.29, 1.82) is 0 Å². The molecule has 1 aromatic rings. The quantitative estimate of drug-likeness (QED) is 0.312. The number of hydrogen-bond donors (Lipinski definition) is 0. The minimum absolute atomic E-state index is 2.67. The van der Waals surface area contributed by atoms with Gasteiger partial charge in [-0.2, -0.15) is 0 Å². The van der Waals surface area contributed by atoms with Gasteiger partial charge in [0.2, 0.25) is 0 Å².